The van der Waals surface area contributed by atoms with Gasteiger partial charge >= 0.3 is 0 Å². The van der Waals surface area contributed by atoms with Crippen molar-refractivity contribution < 1.29 is 18.0 Å². The highest BCUT2D eigenvalue weighted by molar-refractivity contribution is 6.07. The first kappa shape index (κ1) is 10.5. The summed E-state index contributed by atoms with van der Waals surface area (Å²) in [7, 11) is 0. The molecule has 16 heavy (non-hydrogen) atoms. The van der Waals surface area contributed by atoms with E-state index < -0.39 is 28.7 Å². The summed E-state index contributed by atoms with van der Waals surface area (Å²) in [6, 6.07) is 0.415. The molecule has 0 bridgehead atoms. The number of rotatable bonds is 1. The minimum absolute atomic E-state index is 0.200. The van der Waals surface area contributed by atoms with Crippen LogP contribution in [0, 0.1) is 24.4 Å². The maximum atomic E-state index is 13.4. The molecule has 0 aliphatic rings. The number of hydrogen-bond donors (Lipinski definition) is 2. The van der Waals surface area contributed by atoms with Gasteiger partial charge in [0.05, 0.1) is 16.5 Å². The molecule has 0 saturated carbocycles. The number of halogens is 3. The Morgan fingerprint density at radius 2 is 1.94 bits per heavy atom. The van der Waals surface area contributed by atoms with E-state index in [-0.39, 0.29) is 16.8 Å². The van der Waals surface area contributed by atoms with Crippen LogP contribution in [0.1, 0.15) is 16.1 Å². The second kappa shape index (κ2) is 3.26. The Hall–Kier alpha value is -1.98. The van der Waals surface area contributed by atoms with Gasteiger partial charge in [-0.3, -0.25) is 4.79 Å². The van der Waals surface area contributed by atoms with Crippen molar-refractivity contribution in [3.05, 3.63) is 34.8 Å². The van der Waals surface area contributed by atoms with Crippen molar-refractivity contribution in [1.29, 1.82) is 0 Å². The van der Waals surface area contributed by atoms with E-state index in [0.29, 0.717) is 6.07 Å². The molecule has 1 aromatic carbocycles. The number of benzene rings is 1. The molecule has 0 spiro atoms. The number of aryl methyl sites for hydroxylation is 1. The summed E-state index contributed by atoms with van der Waals surface area (Å²) in [5, 5.41) is -0.442. The fourth-order valence-corrected chi connectivity index (χ4v) is 1.70. The molecule has 2 aromatic rings. The normalized spacial score (nSPS) is 11.0. The molecule has 3 nitrogen and oxygen atoms in total. The lowest BCUT2D eigenvalue weighted by atomic mass is 10.1. The number of carbonyl (C=O) groups is 1. The number of primary amides is 1. The zero-order valence-electron chi connectivity index (χ0n) is 8.20. The Bertz CT molecular complexity index is 604. The quantitative estimate of drug-likeness (QED) is 0.720. The summed E-state index contributed by atoms with van der Waals surface area (Å²) in [6.45, 7) is 1.43. The number of aromatic nitrogens is 1. The molecule has 84 valence electrons. The Labute approximate surface area is 88.1 Å². The summed E-state index contributed by atoms with van der Waals surface area (Å²) >= 11 is 0. The summed E-state index contributed by atoms with van der Waals surface area (Å²) in [6.07, 6.45) is 0. The molecule has 6 heteroatoms. The highest BCUT2D eigenvalue weighted by Gasteiger charge is 2.22. The minimum atomic E-state index is -1.36. The van der Waals surface area contributed by atoms with Crippen molar-refractivity contribution >= 4 is 16.8 Å². The average molecular weight is 228 g/mol. The highest BCUT2D eigenvalue weighted by Crippen LogP contribution is 2.28. The molecule has 0 atom stereocenters. The number of nitrogens with one attached hydrogen (secondary N) is 1. The summed E-state index contributed by atoms with van der Waals surface area (Å²) < 4.78 is 39.7. The molecule has 0 unspecified atom stereocenters. The minimum Gasteiger partial charge on any atom is -0.366 e. The van der Waals surface area contributed by atoms with Crippen LogP contribution in [0.15, 0.2) is 6.07 Å². The monoisotopic (exact) mass is 228 g/mol. The second-order valence-electron chi connectivity index (χ2n) is 3.39. The Morgan fingerprint density at radius 3 is 2.50 bits per heavy atom. The van der Waals surface area contributed by atoms with Gasteiger partial charge in [-0.15, -0.1) is 0 Å². The largest absolute Gasteiger partial charge is 0.366 e. The number of hydrogen-bond acceptors (Lipinski definition) is 1. The van der Waals surface area contributed by atoms with Crippen LogP contribution < -0.4 is 5.73 Å². The van der Waals surface area contributed by atoms with Gasteiger partial charge in [-0.1, -0.05) is 0 Å². The maximum Gasteiger partial charge on any atom is 0.251 e. The van der Waals surface area contributed by atoms with E-state index in [9.17, 15) is 18.0 Å². The standard InChI is InChI=1S/C10H7F3N2O/c1-3-6(10(14)16)7-8(13)4(11)2-5(12)9(7)15-3/h2,15H,1H3,(H2,14,16). The van der Waals surface area contributed by atoms with E-state index in [4.69, 9.17) is 5.73 Å². The highest BCUT2D eigenvalue weighted by atomic mass is 19.2. The van der Waals surface area contributed by atoms with Crippen molar-refractivity contribution in [1.82, 2.24) is 4.98 Å². The van der Waals surface area contributed by atoms with Crippen LogP contribution in [-0.2, 0) is 0 Å². The molecule has 1 aromatic heterocycles. The first-order valence-corrected chi connectivity index (χ1v) is 4.39. The van der Waals surface area contributed by atoms with Crippen LogP contribution in [-0.4, -0.2) is 10.9 Å². The number of carbonyl (C=O) groups excluding carboxylic acids is 1. The van der Waals surface area contributed by atoms with Gasteiger partial charge in [0.2, 0.25) is 0 Å². The third kappa shape index (κ3) is 1.26. The van der Waals surface area contributed by atoms with Crippen molar-refractivity contribution in [3.63, 3.8) is 0 Å². The van der Waals surface area contributed by atoms with Crippen LogP contribution in [0.3, 0.4) is 0 Å². The molecule has 3 N–H and O–H groups in total. The smallest absolute Gasteiger partial charge is 0.251 e. The molecular formula is C10H7F3N2O. The fraction of sp³-hybridized carbons (Fsp3) is 0.100. The molecular weight excluding hydrogens is 221 g/mol. The third-order valence-corrected chi connectivity index (χ3v) is 2.36. The van der Waals surface area contributed by atoms with Gasteiger partial charge < -0.3 is 10.7 Å². The molecule has 1 amide bonds. The molecule has 0 saturated heterocycles. The Kier molecular flexibility index (Phi) is 2.15. The zero-order chi connectivity index (χ0) is 12.0. The van der Waals surface area contributed by atoms with Gasteiger partial charge in [-0.2, -0.15) is 0 Å². The van der Waals surface area contributed by atoms with E-state index in [1.54, 1.807) is 0 Å². The van der Waals surface area contributed by atoms with E-state index in [2.05, 4.69) is 4.98 Å². The Balaban J connectivity index is 3.02. The van der Waals surface area contributed by atoms with Gasteiger partial charge in [-0.05, 0) is 6.92 Å². The van der Waals surface area contributed by atoms with Gasteiger partial charge in [0.15, 0.2) is 11.6 Å². The van der Waals surface area contributed by atoms with Crippen molar-refractivity contribution in [2.75, 3.05) is 0 Å². The molecule has 1 heterocycles. The zero-order valence-corrected chi connectivity index (χ0v) is 8.20. The summed E-state index contributed by atoms with van der Waals surface area (Å²) in [4.78, 5) is 13.5. The first-order valence-electron chi connectivity index (χ1n) is 4.39. The molecule has 2 rings (SSSR count). The van der Waals surface area contributed by atoms with Crippen molar-refractivity contribution in [2.24, 2.45) is 5.73 Å². The van der Waals surface area contributed by atoms with Gasteiger partial charge in [0.1, 0.15) is 5.82 Å². The molecule has 0 aliphatic carbocycles. The molecule has 0 radical (unpaired) electrons. The third-order valence-electron chi connectivity index (χ3n) is 2.36. The van der Waals surface area contributed by atoms with Crippen LogP contribution in [0.5, 0.6) is 0 Å². The van der Waals surface area contributed by atoms with Crippen molar-refractivity contribution in [2.45, 2.75) is 6.92 Å². The Morgan fingerprint density at radius 1 is 1.31 bits per heavy atom. The number of aromatic amines is 1. The number of H-pyrrole nitrogens is 1. The van der Waals surface area contributed by atoms with Gasteiger partial charge in [0.25, 0.3) is 5.91 Å². The maximum absolute atomic E-state index is 13.4. The lowest BCUT2D eigenvalue weighted by molar-refractivity contribution is 0.100. The van der Waals surface area contributed by atoms with Crippen LogP contribution in [0.4, 0.5) is 13.2 Å². The number of fused-ring (bicyclic) bond motifs is 1. The van der Waals surface area contributed by atoms with Gasteiger partial charge in [0, 0.05) is 11.8 Å². The number of amides is 1. The summed E-state index contributed by atoms with van der Waals surface area (Å²) in [5.74, 6) is -4.54. The summed E-state index contributed by atoms with van der Waals surface area (Å²) in [5.41, 5.74) is 4.73. The van der Waals surface area contributed by atoms with E-state index in [0.717, 1.165) is 0 Å². The predicted octanol–water partition coefficient (Wildman–Crippen LogP) is 1.99. The van der Waals surface area contributed by atoms with Crippen LogP contribution in [0.25, 0.3) is 10.9 Å². The molecule has 0 fully saturated rings. The van der Waals surface area contributed by atoms with E-state index in [1.807, 2.05) is 0 Å². The average Bonchev–Trinajstić information content (AvgIpc) is 2.53. The predicted molar refractivity (Wildman–Crippen MR) is 51.4 cm³/mol. The number of nitrogens with two attached hydrogens (primary N) is 1. The lowest BCUT2D eigenvalue weighted by Crippen LogP contribution is -2.12. The first-order chi connectivity index (χ1) is 7.43. The van der Waals surface area contributed by atoms with Gasteiger partial charge in [-0.25, -0.2) is 13.2 Å². The topological polar surface area (TPSA) is 58.9 Å². The van der Waals surface area contributed by atoms with E-state index >= 15 is 0 Å². The van der Waals surface area contributed by atoms with Crippen LogP contribution >= 0.6 is 0 Å². The van der Waals surface area contributed by atoms with Crippen LogP contribution in [0.2, 0.25) is 0 Å². The van der Waals surface area contributed by atoms with Crippen molar-refractivity contribution in [3.8, 4) is 0 Å². The second-order valence-corrected chi connectivity index (χ2v) is 3.39. The fourth-order valence-electron chi connectivity index (χ4n) is 1.70. The van der Waals surface area contributed by atoms with E-state index in [1.165, 1.54) is 6.92 Å². The SMILES string of the molecule is Cc1[nH]c2c(F)cc(F)c(F)c2c1C(N)=O. The lowest BCUT2D eigenvalue weighted by Gasteiger charge is -1.99. The molecule has 0 aliphatic heterocycles.